The monoisotopic (exact) mass is 374 g/mol. The van der Waals surface area contributed by atoms with E-state index in [9.17, 15) is 14.0 Å². The van der Waals surface area contributed by atoms with Gasteiger partial charge in [0.2, 0.25) is 0 Å². The molecule has 3 rings (SSSR count). The summed E-state index contributed by atoms with van der Waals surface area (Å²) in [5, 5.41) is 9.39. The fourth-order valence-electron chi connectivity index (χ4n) is 2.24. The molecule has 0 fully saturated rings. The van der Waals surface area contributed by atoms with Crippen LogP contribution in [-0.4, -0.2) is 26.6 Å². The molecule has 0 aliphatic rings. The fourth-order valence-corrected chi connectivity index (χ4v) is 2.82. The molecule has 2 heterocycles. The third-order valence-corrected chi connectivity index (χ3v) is 4.34. The molecular formula is C16H15FN6O2S. The standard InChI is InChI=1S/C16H15FN6O2S/c1-8-3-11(17)10(14(24)21-9-5-20-23(2)7-9)4-12(8)22-15(25)13-6-19-16(18)26-13/h3-7H,1-2H3,(H2,18,19)(H,21,24)(H,22,25). The van der Waals surface area contributed by atoms with Gasteiger partial charge in [-0.15, -0.1) is 0 Å². The van der Waals surface area contributed by atoms with Crippen molar-refractivity contribution in [1.29, 1.82) is 0 Å². The van der Waals surface area contributed by atoms with Crippen LogP contribution in [0.5, 0.6) is 0 Å². The topological polar surface area (TPSA) is 115 Å². The number of nitrogen functional groups attached to an aromatic ring is 1. The van der Waals surface area contributed by atoms with Crippen LogP contribution < -0.4 is 16.4 Å². The minimum absolute atomic E-state index is 0.196. The molecule has 0 bridgehead atoms. The molecule has 26 heavy (non-hydrogen) atoms. The van der Waals surface area contributed by atoms with Crippen LogP contribution in [0.2, 0.25) is 0 Å². The maximum absolute atomic E-state index is 14.2. The number of carbonyl (C=O) groups excluding carboxylic acids is 2. The van der Waals surface area contributed by atoms with Gasteiger partial charge in [-0.05, 0) is 24.6 Å². The van der Waals surface area contributed by atoms with Crippen molar-refractivity contribution in [1.82, 2.24) is 14.8 Å². The predicted molar refractivity (Wildman–Crippen MR) is 96.8 cm³/mol. The van der Waals surface area contributed by atoms with E-state index < -0.39 is 17.6 Å². The smallest absolute Gasteiger partial charge is 0.267 e. The van der Waals surface area contributed by atoms with Crippen molar-refractivity contribution in [3.63, 3.8) is 0 Å². The summed E-state index contributed by atoms with van der Waals surface area (Å²) in [4.78, 5) is 28.7. The highest BCUT2D eigenvalue weighted by Crippen LogP contribution is 2.23. The quantitative estimate of drug-likeness (QED) is 0.649. The van der Waals surface area contributed by atoms with E-state index in [-0.39, 0.29) is 10.7 Å². The van der Waals surface area contributed by atoms with Gasteiger partial charge in [0.15, 0.2) is 5.13 Å². The first-order valence-electron chi connectivity index (χ1n) is 7.46. The Kier molecular flexibility index (Phi) is 4.67. The van der Waals surface area contributed by atoms with E-state index in [0.29, 0.717) is 21.8 Å². The molecule has 2 amide bonds. The number of nitrogens with zero attached hydrogens (tertiary/aromatic N) is 3. The predicted octanol–water partition coefficient (Wildman–Crippen LogP) is 2.41. The Morgan fingerprint density at radius 1 is 1.23 bits per heavy atom. The van der Waals surface area contributed by atoms with Crippen molar-refractivity contribution < 1.29 is 14.0 Å². The Labute approximate surface area is 151 Å². The van der Waals surface area contributed by atoms with Crippen molar-refractivity contribution in [2.24, 2.45) is 7.05 Å². The minimum atomic E-state index is -0.691. The van der Waals surface area contributed by atoms with E-state index in [1.807, 2.05) is 0 Å². The molecule has 134 valence electrons. The molecule has 10 heteroatoms. The highest BCUT2D eigenvalue weighted by atomic mass is 32.1. The van der Waals surface area contributed by atoms with Crippen molar-refractivity contribution in [3.8, 4) is 0 Å². The van der Waals surface area contributed by atoms with Crippen LogP contribution in [-0.2, 0) is 7.05 Å². The van der Waals surface area contributed by atoms with Crippen molar-refractivity contribution in [2.45, 2.75) is 6.92 Å². The number of hydrogen-bond donors (Lipinski definition) is 3. The number of nitrogens with two attached hydrogens (primary N) is 1. The Morgan fingerprint density at radius 2 is 2.00 bits per heavy atom. The van der Waals surface area contributed by atoms with Crippen LogP contribution in [0.1, 0.15) is 25.6 Å². The second-order valence-electron chi connectivity index (χ2n) is 5.52. The zero-order chi connectivity index (χ0) is 18.8. The molecule has 0 radical (unpaired) electrons. The van der Waals surface area contributed by atoms with Gasteiger partial charge in [-0.1, -0.05) is 11.3 Å². The molecule has 0 spiro atoms. The number of carbonyl (C=O) groups is 2. The molecular weight excluding hydrogens is 359 g/mol. The number of aryl methyl sites for hydroxylation is 2. The van der Waals surface area contributed by atoms with Gasteiger partial charge in [0.1, 0.15) is 10.7 Å². The first-order chi connectivity index (χ1) is 12.3. The molecule has 0 saturated carbocycles. The van der Waals surface area contributed by atoms with E-state index in [1.54, 1.807) is 20.2 Å². The van der Waals surface area contributed by atoms with Gasteiger partial charge < -0.3 is 16.4 Å². The number of benzene rings is 1. The van der Waals surface area contributed by atoms with Crippen LogP contribution in [0, 0.1) is 12.7 Å². The lowest BCUT2D eigenvalue weighted by Gasteiger charge is -2.11. The Bertz CT molecular complexity index is 997. The van der Waals surface area contributed by atoms with Gasteiger partial charge >= 0.3 is 0 Å². The second kappa shape index (κ2) is 6.92. The molecule has 1 aromatic carbocycles. The van der Waals surface area contributed by atoms with E-state index in [1.165, 1.54) is 29.2 Å². The van der Waals surface area contributed by atoms with Crippen LogP contribution in [0.4, 0.5) is 20.9 Å². The highest BCUT2D eigenvalue weighted by Gasteiger charge is 2.18. The summed E-state index contributed by atoms with van der Waals surface area (Å²) in [6, 6.07) is 2.48. The molecule has 4 N–H and O–H groups in total. The molecule has 0 atom stereocenters. The Hall–Kier alpha value is -3.27. The Balaban J connectivity index is 1.84. The number of thiazole rings is 1. The molecule has 0 aliphatic carbocycles. The van der Waals surface area contributed by atoms with E-state index in [0.717, 1.165) is 11.3 Å². The zero-order valence-corrected chi connectivity index (χ0v) is 14.7. The van der Waals surface area contributed by atoms with Gasteiger partial charge in [0.05, 0.1) is 23.6 Å². The first kappa shape index (κ1) is 17.5. The molecule has 8 nitrogen and oxygen atoms in total. The van der Waals surface area contributed by atoms with Crippen LogP contribution in [0.15, 0.2) is 30.7 Å². The van der Waals surface area contributed by atoms with Crippen LogP contribution in [0.25, 0.3) is 0 Å². The number of halogens is 1. The third kappa shape index (κ3) is 3.70. The Morgan fingerprint density at radius 3 is 2.62 bits per heavy atom. The van der Waals surface area contributed by atoms with Crippen LogP contribution >= 0.6 is 11.3 Å². The van der Waals surface area contributed by atoms with Crippen LogP contribution in [0.3, 0.4) is 0 Å². The first-order valence-corrected chi connectivity index (χ1v) is 8.28. The number of aromatic nitrogens is 3. The van der Waals surface area contributed by atoms with Gasteiger partial charge in [0.25, 0.3) is 11.8 Å². The molecule has 0 unspecified atom stereocenters. The summed E-state index contributed by atoms with van der Waals surface area (Å²) < 4.78 is 15.7. The number of rotatable bonds is 4. The lowest BCUT2D eigenvalue weighted by atomic mass is 10.1. The fraction of sp³-hybridized carbons (Fsp3) is 0.125. The number of anilines is 3. The normalized spacial score (nSPS) is 10.6. The molecule has 3 aromatic rings. The molecule has 0 aliphatic heterocycles. The SMILES string of the molecule is Cc1cc(F)c(C(=O)Nc2cnn(C)c2)cc1NC(=O)c1cnc(N)s1. The average molecular weight is 374 g/mol. The van der Waals surface area contributed by atoms with E-state index >= 15 is 0 Å². The third-order valence-electron chi connectivity index (χ3n) is 3.52. The lowest BCUT2D eigenvalue weighted by molar-refractivity contribution is 0.101. The number of nitrogens with one attached hydrogen (secondary N) is 2. The maximum Gasteiger partial charge on any atom is 0.267 e. The average Bonchev–Trinajstić information content (AvgIpc) is 3.18. The van der Waals surface area contributed by atoms with E-state index in [4.69, 9.17) is 5.73 Å². The maximum atomic E-state index is 14.2. The van der Waals surface area contributed by atoms with Crippen molar-refractivity contribution in [3.05, 3.63) is 52.5 Å². The second-order valence-corrected chi connectivity index (χ2v) is 6.58. The van der Waals surface area contributed by atoms with Gasteiger partial charge in [0, 0.05) is 18.9 Å². The summed E-state index contributed by atoms with van der Waals surface area (Å²) in [6.45, 7) is 1.63. The summed E-state index contributed by atoms with van der Waals surface area (Å²) in [5.74, 6) is -1.77. The van der Waals surface area contributed by atoms with Crippen molar-refractivity contribution >= 4 is 39.7 Å². The van der Waals surface area contributed by atoms with Gasteiger partial charge in [-0.25, -0.2) is 9.37 Å². The summed E-state index contributed by atoms with van der Waals surface area (Å²) in [5.41, 5.74) is 6.55. The van der Waals surface area contributed by atoms with E-state index in [2.05, 4.69) is 20.7 Å². The number of hydrogen-bond acceptors (Lipinski definition) is 6. The number of amides is 2. The molecule has 2 aromatic heterocycles. The lowest BCUT2D eigenvalue weighted by Crippen LogP contribution is -2.16. The van der Waals surface area contributed by atoms with Gasteiger partial charge in [-0.2, -0.15) is 5.10 Å². The minimum Gasteiger partial charge on any atom is -0.375 e. The summed E-state index contributed by atoms with van der Waals surface area (Å²) in [7, 11) is 1.70. The zero-order valence-electron chi connectivity index (χ0n) is 13.9. The van der Waals surface area contributed by atoms with Crippen molar-refractivity contribution in [2.75, 3.05) is 16.4 Å². The highest BCUT2D eigenvalue weighted by molar-refractivity contribution is 7.17. The van der Waals surface area contributed by atoms with Gasteiger partial charge in [-0.3, -0.25) is 14.3 Å². The largest absolute Gasteiger partial charge is 0.375 e. The summed E-state index contributed by atoms with van der Waals surface area (Å²) in [6.07, 6.45) is 4.38. The molecule has 0 saturated heterocycles. The summed E-state index contributed by atoms with van der Waals surface area (Å²) >= 11 is 1.03.